The topological polar surface area (TPSA) is 38.3 Å². The average Bonchev–Trinajstić information content (AvgIpc) is 2.29. The number of carbonyl (C=O) groups excluding carboxylic acids is 1. The Balaban J connectivity index is 2.05. The molecule has 0 aliphatic rings. The maximum atomic E-state index is 10.9. The smallest absolute Gasteiger partial charge is 0.278 e. The molecule has 1 N–H and O–H groups in total. The van der Waals surface area contributed by atoms with Gasteiger partial charge in [0.15, 0.2) is 0 Å². The Labute approximate surface area is 94.2 Å². The molecule has 0 unspecified atom stereocenters. The normalized spacial score (nSPS) is 9.67. The molecule has 0 heterocycles. The third-order valence-corrected chi connectivity index (χ3v) is 2.70. The Morgan fingerprint density at radius 3 is 2.80 bits per heavy atom. The largest absolute Gasteiger partial charge is 0.494 e. The quantitative estimate of drug-likeness (QED) is 0.783. The van der Waals surface area contributed by atoms with Crippen LogP contribution in [-0.4, -0.2) is 24.6 Å². The summed E-state index contributed by atoms with van der Waals surface area (Å²) in [7, 11) is 1.63. The molecule has 1 rings (SSSR count). The van der Waals surface area contributed by atoms with Gasteiger partial charge in [-0.05, 0) is 18.6 Å². The minimum absolute atomic E-state index is 0.00899. The standard InChI is InChI=1S/C11H15NO2S/c1-12-11(13)15-9-5-8-14-10-6-3-2-4-7-10/h2-4,6-7H,5,8-9H2,1H3,(H,12,13). The minimum Gasteiger partial charge on any atom is -0.494 e. The molecule has 0 fully saturated rings. The average molecular weight is 225 g/mol. The van der Waals surface area contributed by atoms with E-state index in [2.05, 4.69) is 5.32 Å². The molecular weight excluding hydrogens is 210 g/mol. The molecule has 3 nitrogen and oxygen atoms in total. The van der Waals surface area contributed by atoms with E-state index in [1.807, 2.05) is 30.3 Å². The van der Waals surface area contributed by atoms with Crippen LogP contribution in [0.25, 0.3) is 0 Å². The van der Waals surface area contributed by atoms with Crippen LogP contribution < -0.4 is 10.1 Å². The Morgan fingerprint density at radius 2 is 2.13 bits per heavy atom. The second-order valence-corrected chi connectivity index (χ2v) is 3.97. The van der Waals surface area contributed by atoms with Crippen molar-refractivity contribution in [3.05, 3.63) is 30.3 Å². The van der Waals surface area contributed by atoms with Gasteiger partial charge < -0.3 is 10.1 Å². The SMILES string of the molecule is CNC(=O)SCCCOc1ccccc1. The van der Waals surface area contributed by atoms with Crippen LogP contribution in [0.1, 0.15) is 6.42 Å². The van der Waals surface area contributed by atoms with Crippen LogP contribution in [-0.2, 0) is 0 Å². The third-order valence-electron chi connectivity index (χ3n) is 1.74. The lowest BCUT2D eigenvalue weighted by Gasteiger charge is -2.04. The van der Waals surface area contributed by atoms with E-state index in [-0.39, 0.29) is 5.24 Å². The number of benzene rings is 1. The predicted molar refractivity (Wildman–Crippen MR) is 63.5 cm³/mol. The lowest BCUT2D eigenvalue weighted by atomic mass is 10.3. The second kappa shape index (κ2) is 7.17. The number of hydrogen-bond donors (Lipinski definition) is 1. The van der Waals surface area contributed by atoms with Crippen LogP contribution in [0.3, 0.4) is 0 Å². The summed E-state index contributed by atoms with van der Waals surface area (Å²) in [5.41, 5.74) is 0. The highest BCUT2D eigenvalue weighted by atomic mass is 32.2. The first kappa shape index (κ1) is 11.9. The Hall–Kier alpha value is -1.16. The number of rotatable bonds is 5. The molecule has 0 spiro atoms. The summed E-state index contributed by atoms with van der Waals surface area (Å²) >= 11 is 1.28. The van der Waals surface area contributed by atoms with Crippen molar-refractivity contribution in [3.63, 3.8) is 0 Å². The summed E-state index contributed by atoms with van der Waals surface area (Å²) in [6.45, 7) is 0.647. The maximum Gasteiger partial charge on any atom is 0.278 e. The molecule has 0 aliphatic heterocycles. The summed E-state index contributed by atoms with van der Waals surface area (Å²) in [5.74, 6) is 1.66. The van der Waals surface area contributed by atoms with Gasteiger partial charge in [-0.1, -0.05) is 30.0 Å². The zero-order valence-corrected chi connectivity index (χ0v) is 9.55. The van der Waals surface area contributed by atoms with E-state index in [0.717, 1.165) is 17.9 Å². The fourth-order valence-corrected chi connectivity index (χ4v) is 1.59. The van der Waals surface area contributed by atoms with Gasteiger partial charge in [-0.25, -0.2) is 0 Å². The molecular formula is C11H15NO2S. The first-order valence-electron chi connectivity index (χ1n) is 4.85. The molecule has 15 heavy (non-hydrogen) atoms. The zero-order chi connectivity index (χ0) is 10.9. The molecule has 0 bridgehead atoms. The van der Waals surface area contributed by atoms with Crippen molar-refractivity contribution in [1.29, 1.82) is 0 Å². The van der Waals surface area contributed by atoms with Crippen molar-refractivity contribution in [1.82, 2.24) is 5.32 Å². The molecule has 1 aromatic carbocycles. The fraction of sp³-hybridized carbons (Fsp3) is 0.364. The molecule has 0 atom stereocenters. The molecule has 0 aromatic heterocycles. The van der Waals surface area contributed by atoms with Crippen LogP contribution >= 0.6 is 11.8 Å². The lowest BCUT2D eigenvalue weighted by Crippen LogP contribution is -2.12. The molecule has 0 aliphatic carbocycles. The van der Waals surface area contributed by atoms with Crippen LogP contribution in [0.4, 0.5) is 4.79 Å². The first-order valence-corrected chi connectivity index (χ1v) is 5.84. The van der Waals surface area contributed by atoms with Crippen LogP contribution in [0, 0.1) is 0 Å². The maximum absolute atomic E-state index is 10.9. The van der Waals surface area contributed by atoms with Crippen LogP contribution in [0.2, 0.25) is 0 Å². The van der Waals surface area contributed by atoms with Crippen molar-refractivity contribution in [2.24, 2.45) is 0 Å². The van der Waals surface area contributed by atoms with Crippen molar-refractivity contribution >= 4 is 17.0 Å². The van der Waals surface area contributed by atoms with E-state index in [1.165, 1.54) is 11.8 Å². The molecule has 4 heteroatoms. The van der Waals surface area contributed by atoms with Gasteiger partial charge in [0.1, 0.15) is 5.75 Å². The third kappa shape index (κ3) is 5.32. The van der Waals surface area contributed by atoms with Gasteiger partial charge in [0.05, 0.1) is 6.61 Å². The highest BCUT2D eigenvalue weighted by Gasteiger charge is 1.98. The predicted octanol–water partition coefficient (Wildman–Crippen LogP) is 2.53. The van der Waals surface area contributed by atoms with E-state index in [9.17, 15) is 4.79 Å². The Morgan fingerprint density at radius 1 is 1.40 bits per heavy atom. The van der Waals surface area contributed by atoms with E-state index >= 15 is 0 Å². The number of para-hydroxylation sites is 1. The zero-order valence-electron chi connectivity index (χ0n) is 8.73. The fourth-order valence-electron chi connectivity index (χ4n) is 1.00. The Kier molecular flexibility index (Phi) is 5.70. The van der Waals surface area contributed by atoms with Crippen LogP contribution in [0.15, 0.2) is 30.3 Å². The van der Waals surface area contributed by atoms with Gasteiger partial charge in [0.2, 0.25) is 0 Å². The number of thioether (sulfide) groups is 1. The highest BCUT2D eigenvalue weighted by Crippen LogP contribution is 2.09. The molecule has 0 saturated heterocycles. The molecule has 1 aromatic rings. The lowest BCUT2D eigenvalue weighted by molar-refractivity contribution is 0.262. The number of hydrogen-bond acceptors (Lipinski definition) is 3. The van der Waals surface area contributed by atoms with Gasteiger partial charge >= 0.3 is 0 Å². The number of nitrogens with one attached hydrogen (secondary N) is 1. The van der Waals surface area contributed by atoms with Gasteiger partial charge in [-0.3, -0.25) is 4.79 Å². The highest BCUT2D eigenvalue weighted by molar-refractivity contribution is 8.13. The van der Waals surface area contributed by atoms with Crippen molar-refractivity contribution in [3.8, 4) is 5.75 Å². The van der Waals surface area contributed by atoms with E-state index < -0.39 is 0 Å². The van der Waals surface area contributed by atoms with E-state index in [1.54, 1.807) is 7.05 Å². The minimum atomic E-state index is 0.00899. The summed E-state index contributed by atoms with van der Waals surface area (Å²) in [6, 6.07) is 9.68. The van der Waals surface area contributed by atoms with Crippen molar-refractivity contribution < 1.29 is 9.53 Å². The second-order valence-electron chi connectivity index (χ2n) is 2.90. The Bertz CT molecular complexity index is 290. The first-order chi connectivity index (χ1) is 7.33. The molecule has 1 amide bonds. The van der Waals surface area contributed by atoms with Crippen LogP contribution in [0.5, 0.6) is 5.75 Å². The number of ether oxygens (including phenoxy) is 1. The molecule has 82 valence electrons. The summed E-state index contributed by atoms with van der Waals surface area (Å²) in [5, 5.41) is 2.57. The van der Waals surface area contributed by atoms with Gasteiger partial charge in [-0.15, -0.1) is 0 Å². The number of carbonyl (C=O) groups is 1. The van der Waals surface area contributed by atoms with Gasteiger partial charge in [0.25, 0.3) is 5.24 Å². The summed E-state index contributed by atoms with van der Waals surface area (Å²) in [6.07, 6.45) is 0.868. The number of amides is 1. The van der Waals surface area contributed by atoms with E-state index in [4.69, 9.17) is 4.74 Å². The monoisotopic (exact) mass is 225 g/mol. The van der Waals surface area contributed by atoms with E-state index in [0.29, 0.717) is 6.61 Å². The van der Waals surface area contributed by atoms with Crippen molar-refractivity contribution in [2.45, 2.75) is 6.42 Å². The van der Waals surface area contributed by atoms with Gasteiger partial charge in [0, 0.05) is 12.8 Å². The summed E-state index contributed by atoms with van der Waals surface area (Å²) < 4.78 is 5.48. The van der Waals surface area contributed by atoms with Crippen molar-refractivity contribution in [2.75, 3.05) is 19.4 Å². The van der Waals surface area contributed by atoms with Gasteiger partial charge in [-0.2, -0.15) is 0 Å². The molecule has 0 radical (unpaired) electrons. The molecule has 0 saturated carbocycles. The summed E-state index contributed by atoms with van der Waals surface area (Å²) in [4.78, 5) is 10.9.